The van der Waals surface area contributed by atoms with Crippen molar-refractivity contribution in [2.24, 2.45) is 4.99 Å². The van der Waals surface area contributed by atoms with Gasteiger partial charge in [0.15, 0.2) is 4.80 Å². The lowest BCUT2D eigenvalue weighted by Gasteiger charge is -2.25. The van der Waals surface area contributed by atoms with E-state index in [1.165, 1.54) is 17.4 Å². The predicted molar refractivity (Wildman–Crippen MR) is 166 cm³/mol. The van der Waals surface area contributed by atoms with E-state index in [0.29, 0.717) is 43.4 Å². The lowest BCUT2D eigenvalue weighted by Crippen LogP contribution is -2.39. The fraction of sp³-hybridized carbons (Fsp3) is 0.242. The SMILES string of the molecule is CCOC(=O)C1=C(C)N=c2s/c(=C/c3cc(Br)ccc3OCc3ccccc3F)c(=O)n2[C@H]1c1ccc(C(C)C)cc1. The van der Waals surface area contributed by atoms with Crippen LogP contribution in [0.3, 0.4) is 0 Å². The first-order chi connectivity index (χ1) is 20.2. The van der Waals surface area contributed by atoms with Crippen LogP contribution in [0.2, 0.25) is 0 Å². The largest absolute Gasteiger partial charge is 0.488 e. The number of esters is 1. The van der Waals surface area contributed by atoms with Crippen molar-refractivity contribution in [3.8, 4) is 5.75 Å². The first-order valence-electron chi connectivity index (χ1n) is 13.6. The van der Waals surface area contributed by atoms with E-state index in [9.17, 15) is 14.0 Å². The summed E-state index contributed by atoms with van der Waals surface area (Å²) in [4.78, 5) is 32.4. The van der Waals surface area contributed by atoms with Crippen LogP contribution < -0.4 is 19.6 Å². The van der Waals surface area contributed by atoms with E-state index in [-0.39, 0.29) is 24.6 Å². The number of hydrogen-bond donors (Lipinski definition) is 0. The number of fused-ring (bicyclic) bond motifs is 1. The molecule has 1 aromatic heterocycles. The van der Waals surface area contributed by atoms with Gasteiger partial charge in [-0.25, -0.2) is 14.2 Å². The second-order valence-corrected chi connectivity index (χ2v) is 12.1. The summed E-state index contributed by atoms with van der Waals surface area (Å²) in [5.41, 5.74) is 3.58. The van der Waals surface area contributed by atoms with Gasteiger partial charge in [-0.1, -0.05) is 83.6 Å². The quantitative estimate of drug-likeness (QED) is 0.207. The van der Waals surface area contributed by atoms with Crippen molar-refractivity contribution in [3.05, 3.63) is 130 Å². The molecule has 216 valence electrons. The van der Waals surface area contributed by atoms with E-state index in [2.05, 4.69) is 34.8 Å². The lowest BCUT2D eigenvalue weighted by molar-refractivity contribution is -0.139. The summed E-state index contributed by atoms with van der Waals surface area (Å²) in [5.74, 6) is -0.0141. The third kappa shape index (κ3) is 6.03. The second-order valence-electron chi connectivity index (χ2n) is 10.2. The van der Waals surface area contributed by atoms with Gasteiger partial charge in [0.2, 0.25) is 0 Å². The molecule has 0 saturated heterocycles. The van der Waals surface area contributed by atoms with Gasteiger partial charge in [-0.3, -0.25) is 9.36 Å². The Morgan fingerprint density at radius 2 is 1.88 bits per heavy atom. The minimum atomic E-state index is -0.692. The average molecular weight is 650 g/mol. The number of halogens is 2. The number of aromatic nitrogens is 1. The topological polar surface area (TPSA) is 69.9 Å². The van der Waals surface area contributed by atoms with Crippen LogP contribution in [-0.2, 0) is 16.1 Å². The lowest BCUT2D eigenvalue weighted by atomic mass is 9.93. The molecule has 0 N–H and O–H groups in total. The highest BCUT2D eigenvalue weighted by Gasteiger charge is 2.33. The molecule has 0 fully saturated rings. The van der Waals surface area contributed by atoms with E-state index in [0.717, 1.165) is 15.6 Å². The van der Waals surface area contributed by atoms with Gasteiger partial charge in [-0.05, 0) is 61.2 Å². The summed E-state index contributed by atoms with van der Waals surface area (Å²) in [6, 6.07) is 19.1. The molecule has 6 nitrogen and oxygen atoms in total. The monoisotopic (exact) mass is 648 g/mol. The Hall–Kier alpha value is -3.82. The molecule has 0 amide bonds. The Kier molecular flexibility index (Phi) is 8.89. The van der Waals surface area contributed by atoms with Crippen LogP contribution in [0.5, 0.6) is 5.75 Å². The predicted octanol–water partition coefficient (Wildman–Crippen LogP) is 6.40. The zero-order valence-electron chi connectivity index (χ0n) is 23.7. The molecule has 4 aromatic rings. The maximum atomic E-state index is 14.2. The van der Waals surface area contributed by atoms with Crippen molar-refractivity contribution in [3.63, 3.8) is 0 Å². The summed E-state index contributed by atoms with van der Waals surface area (Å²) in [5, 5.41) is 0. The van der Waals surface area contributed by atoms with E-state index >= 15 is 0 Å². The first-order valence-corrected chi connectivity index (χ1v) is 15.2. The van der Waals surface area contributed by atoms with E-state index in [1.807, 2.05) is 36.4 Å². The summed E-state index contributed by atoms with van der Waals surface area (Å²) >= 11 is 4.74. The van der Waals surface area contributed by atoms with Gasteiger partial charge in [-0.15, -0.1) is 0 Å². The molecule has 0 unspecified atom stereocenters. The smallest absolute Gasteiger partial charge is 0.338 e. The normalized spacial score (nSPS) is 15.0. The number of hydrogen-bond acceptors (Lipinski definition) is 6. The van der Waals surface area contributed by atoms with E-state index in [4.69, 9.17) is 9.47 Å². The van der Waals surface area contributed by atoms with Crippen LogP contribution in [0, 0.1) is 5.82 Å². The molecule has 0 saturated carbocycles. The molecule has 3 aromatic carbocycles. The van der Waals surface area contributed by atoms with Gasteiger partial charge in [0.25, 0.3) is 5.56 Å². The number of carbonyl (C=O) groups is 1. The van der Waals surface area contributed by atoms with Gasteiger partial charge in [-0.2, -0.15) is 0 Å². The van der Waals surface area contributed by atoms with Crippen LogP contribution in [-0.4, -0.2) is 17.1 Å². The maximum absolute atomic E-state index is 14.2. The van der Waals surface area contributed by atoms with Crippen molar-refractivity contribution in [2.45, 2.75) is 46.3 Å². The highest BCUT2D eigenvalue weighted by molar-refractivity contribution is 9.10. The number of ether oxygens (including phenoxy) is 2. The number of nitrogens with zero attached hydrogens (tertiary/aromatic N) is 2. The Balaban J connectivity index is 1.62. The Bertz CT molecular complexity index is 1860. The van der Waals surface area contributed by atoms with Crippen molar-refractivity contribution in [1.29, 1.82) is 0 Å². The van der Waals surface area contributed by atoms with E-state index in [1.54, 1.807) is 48.8 Å². The van der Waals surface area contributed by atoms with Gasteiger partial charge in [0.05, 0.1) is 28.5 Å². The number of rotatable bonds is 8. The third-order valence-electron chi connectivity index (χ3n) is 7.04. The second kappa shape index (κ2) is 12.6. The van der Waals surface area contributed by atoms with Crippen LogP contribution in [0.15, 0.2) is 92.3 Å². The van der Waals surface area contributed by atoms with Crippen molar-refractivity contribution < 1.29 is 18.7 Å². The molecule has 42 heavy (non-hydrogen) atoms. The van der Waals surface area contributed by atoms with Crippen molar-refractivity contribution in [1.82, 2.24) is 4.57 Å². The van der Waals surface area contributed by atoms with Gasteiger partial charge in [0, 0.05) is 15.6 Å². The van der Waals surface area contributed by atoms with Crippen molar-refractivity contribution >= 4 is 39.3 Å². The van der Waals surface area contributed by atoms with Crippen LogP contribution in [0.1, 0.15) is 61.9 Å². The highest BCUT2D eigenvalue weighted by atomic mass is 79.9. The Labute approximate surface area is 255 Å². The first kappa shape index (κ1) is 29.7. The summed E-state index contributed by atoms with van der Waals surface area (Å²) in [6.07, 6.45) is 1.74. The number of thiazole rings is 1. The molecular formula is C33H30BrFN2O4S. The molecule has 9 heteroatoms. The molecule has 0 radical (unpaired) electrons. The minimum absolute atomic E-state index is 0.0326. The molecule has 0 bridgehead atoms. The maximum Gasteiger partial charge on any atom is 0.338 e. The Morgan fingerprint density at radius 1 is 1.14 bits per heavy atom. The number of allylic oxidation sites excluding steroid dienone is 1. The standard InChI is InChI=1S/C33H30BrFN2O4S/c1-5-40-32(39)29-20(4)36-33-37(30(29)22-12-10-21(11-13-22)19(2)3)31(38)28(42-33)17-24-16-25(34)14-15-27(24)41-18-23-8-6-7-9-26(23)35/h6-17,19,30H,5,18H2,1-4H3/b28-17+/t30-/m0/s1. The molecule has 5 rings (SSSR count). The summed E-state index contributed by atoms with van der Waals surface area (Å²) in [6.45, 7) is 7.98. The van der Waals surface area contributed by atoms with Crippen molar-refractivity contribution in [2.75, 3.05) is 6.61 Å². The van der Waals surface area contributed by atoms with Gasteiger partial charge in [0.1, 0.15) is 18.2 Å². The molecule has 1 aliphatic rings. The van der Waals surface area contributed by atoms with Gasteiger partial charge < -0.3 is 9.47 Å². The molecule has 0 aliphatic carbocycles. The summed E-state index contributed by atoms with van der Waals surface area (Å²) in [7, 11) is 0. The number of benzene rings is 3. The summed E-state index contributed by atoms with van der Waals surface area (Å²) < 4.78 is 28.4. The average Bonchev–Trinajstić information content (AvgIpc) is 3.26. The molecule has 0 spiro atoms. The molecular weight excluding hydrogens is 619 g/mol. The van der Waals surface area contributed by atoms with Gasteiger partial charge >= 0.3 is 5.97 Å². The highest BCUT2D eigenvalue weighted by Crippen LogP contribution is 2.32. The van der Waals surface area contributed by atoms with Crippen LogP contribution in [0.4, 0.5) is 4.39 Å². The molecule has 2 heterocycles. The zero-order chi connectivity index (χ0) is 30.0. The zero-order valence-corrected chi connectivity index (χ0v) is 26.1. The molecule has 1 aliphatic heterocycles. The Morgan fingerprint density at radius 3 is 2.57 bits per heavy atom. The molecule has 1 atom stereocenters. The minimum Gasteiger partial charge on any atom is -0.488 e. The van der Waals surface area contributed by atoms with Crippen LogP contribution in [0.25, 0.3) is 6.08 Å². The van der Waals surface area contributed by atoms with E-state index < -0.39 is 12.0 Å². The van der Waals surface area contributed by atoms with Crippen LogP contribution >= 0.6 is 27.3 Å². The third-order valence-corrected chi connectivity index (χ3v) is 8.51. The number of carbonyl (C=O) groups excluding carboxylic acids is 1. The fourth-order valence-electron chi connectivity index (χ4n) is 4.85. The fourth-order valence-corrected chi connectivity index (χ4v) is 6.26.